The predicted octanol–water partition coefficient (Wildman–Crippen LogP) is 4.03. The second-order valence-corrected chi connectivity index (χ2v) is 5.98. The number of hydrogen-bond donors (Lipinski definition) is 2. The van der Waals surface area contributed by atoms with E-state index in [1.807, 2.05) is 6.07 Å². The third-order valence-electron chi connectivity index (χ3n) is 4.05. The average Bonchev–Trinajstić information content (AvgIpc) is 3.35. The minimum absolute atomic E-state index is 0.152. The Hall–Kier alpha value is -4.00. The number of carbonyl (C=O) groups is 2. The van der Waals surface area contributed by atoms with Crippen molar-refractivity contribution in [1.29, 1.82) is 0 Å². The van der Waals surface area contributed by atoms with Crippen LogP contribution in [0.25, 0.3) is 17.4 Å². The largest absolute Gasteiger partial charge is 0.478 e. The van der Waals surface area contributed by atoms with Crippen molar-refractivity contribution in [1.82, 2.24) is 0 Å². The third kappa shape index (κ3) is 3.73. The van der Waals surface area contributed by atoms with Gasteiger partial charge in [-0.1, -0.05) is 12.1 Å². The molecule has 2 aromatic carbocycles. The van der Waals surface area contributed by atoms with Crippen molar-refractivity contribution in [2.45, 2.75) is 0 Å². The Labute approximate surface area is 159 Å². The van der Waals surface area contributed by atoms with E-state index in [4.69, 9.17) is 19.0 Å². The number of furan rings is 1. The zero-order valence-corrected chi connectivity index (χ0v) is 14.5. The van der Waals surface area contributed by atoms with Gasteiger partial charge in [0, 0.05) is 17.3 Å². The molecule has 0 saturated heterocycles. The molecule has 2 heterocycles. The lowest BCUT2D eigenvalue weighted by Gasteiger charge is -2.04. The highest BCUT2D eigenvalue weighted by Gasteiger charge is 2.17. The summed E-state index contributed by atoms with van der Waals surface area (Å²) in [5, 5.41) is 11.4. The number of benzene rings is 2. The first kappa shape index (κ1) is 17.4. The lowest BCUT2D eigenvalue weighted by atomic mass is 10.1. The van der Waals surface area contributed by atoms with Crippen LogP contribution in [0.2, 0.25) is 0 Å². The van der Waals surface area contributed by atoms with Crippen LogP contribution in [-0.4, -0.2) is 23.8 Å². The summed E-state index contributed by atoms with van der Waals surface area (Å²) in [6.07, 6.45) is 2.48. The van der Waals surface area contributed by atoms with Gasteiger partial charge in [0.05, 0.1) is 0 Å². The molecule has 3 aromatic rings. The van der Waals surface area contributed by atoms with Crippen LogP contribution in [0.5, 0.6) is 11.5 Å². The van der Waals surface area contributed by atoms with Crippen LogP contribution in [0.3, 0.4) is 0 Å². The Kier molecular flexibility index (Phi) is 4.55. The Morgan fingerprint density at radius 2 is 1.86 bits per heavy atom. The van der Waals surface area contributed by atoms with E-state index in [9.17, 15) is 9.59 Å². The summed E-state index contributed by atoms with van der Waals surface area (Å²) in [7, 11) is 0. The number of hydrogen-bond acceptors (Lipinski definition) is 5. The molecule has 1 aliphatic rings. The van der Waals surface area contributed by atoms with Crippen LogP contribution in [0.1, 0.15) is 16.1 Å². The first-order valence-electron chi connectivity index (χ1n) is 8.41. The van der Waals surface area contributed by atoms with Crippen LogP contribution in [0.4, 0.5) is 5.69 Å². The number of amides is 1. The van der Waals surface area contributed by atoms with Gasteiger partial charge in [-0.05, 0) is 54.1 Å². The first-order chi connectivity index (χ1) is 13.6. The zero-order chi connectivity index (χ0) is 19.5. The number of carboxylic acid groups (broad SMARTS) is 1. The molecule has 7 heteroatoms. The Balaban J connectivity index is 1.49. The van der Waals surface area contributed by atoms with Crippen molar-refractivity contribution in [3.63, 3.8) is 0 Å². The molecule has 0 atom stereocenters. The molecule has 1 aliphatic heterocycles. The molecular weight excluding hydrogens is 362 g/mol. The molecule has 1 aromatic heterocycles. The predicted molar refractivity (Wildman–Crippen MR) is 101 cm³/mol. The molecule has 0 aliphatic carbocycles. The van der Waals surface area contributed by atoms with Gasteiger partial charge in [0.15, 0.2) is 17.3 Å². The van der Waals surface area contributed by atoms with E-state index >= 15 is 0 Å². The van der Waals surface area contributed by atoms with Gasteiger partial charge in [0.25, 0.3) is 5.91 Å². The second kappa shape index (κ2) is 7.32. The normalized spacial score (nSPS) is 12.3. The fraction of sp³-hybridized carbons (Fsp3) is 0.0476. The summed E-state index contributed by atoms with van der Waals surface area (Å²) in [5.41, 5.74) is 1.95. The molecule has 1 amide bonds. The first-order valence-corrected chi connectivity index (χ1v) is 8.41. The maximum absolute atomic E-state index is 12.5. The maximum atomic E-state index is 12.5. The second-order valence-electron chi connectivity index (χ2n) is 5.98. The highest BCUT2D eigenvalue weighted by atomic mass is 16.7. The minimum Gasteiger partial charge on any atom is -0.478 e. The summed E-state index contributed by atoms with van der Waals surface area (Å²) in [5.74, 6) is 0.532. The number of fused-ring (bicyclic) bond motifs is 1. The van der Waals surface area contributed by atoms with Crippen LogP contribution >= 0.6 is 0 Å². The quantitative estimate of drug-likeness (QED) is 0.652. The van der Waals surface area contributed by atoms with Crippen molar-refractivity contribution in [3.8, 4) is 22.8 Å². The van der Waals surface area contributed by atoms with Crippen molar-refractivity contribution in [2.24, 2.45) is 0 Å². The summed E-state index contributed by atoms with van der Waals surface area (Å²) in [4.78, 5) is 23.1. The number of aliphatic carboxylic acids is 1. The summed E-state index contributed by atoms with van der Waals surface area (Å²) >= 11 is 0. The molecule has 0 bridgehead atoms. The van der Waals surface area contributed by atoms with E-state index < -0.39 is 11.9 Å². The summed E-state index contributed by atoms with van der Waals surface area (Å²) in [6.45, 7) is 0.186. The molecule has 0 saturated carbocycles. The molecular formula is C21H15NO6. The van der Waals surface area contributed by atoms with Gasteiger partial charge in [-0.25, -0.2) is 4.79 Å². The smallest absolute Gasteiger partial charge is 0.328 e. The lowest BCUT2D eigenvalue weighted by molar-refractivity contribution is -0.131. The van der Waals surface area contributed by atoms with Gasteiger partial charge in [0.1, 0.15) is 5.76 Å². The molecule has 7 nitrogen and oxygen atoms in total. The number of carboxylic acids is 1. The number of rotatable bonds is 5. The monoisotopic (exact) mass is 377 g/mol. The van der Waals surface area contributed by atoms with Crippen LogP contribution < -0.4 is 14.8 Å². The van der Waals surface area contributed by atoms with Crippen molar-refractivity contribution < 1.29 is 28.6 Å². The standard InChI is InChI=1S/C21H15NO6/c23-20(24)9-4-13-2-1-3-15(10-13)22-21(25)18-8-7-16(28-18)14-5-6-17-19(11-14)27-12-26-17/h1-11H,12H2,(H,22,25)(H,23,24)/b9-4+. The van der Waals surface area contributed by atoms with Gasteiger partial charge in [-0.2, -0.15) is 0 Å². The molecule has 4 rings (SSSR count). The number of ether oxygens (including phenoxy) is 2. The van der Waals surface area contributed by atoms with Crippen LogP contribution in [0, 0.1) is 0 Å². The summed E-state index contributed by atoms with van der Waals surface area (Å²) in [6, 6.07) is 15.5. The summed E-state index contributed by atoms with van der Waals surface area (Å²) < 4.78 is 16.3. The van der Waals surface area contributed by atoms with Crippen molar-refractivity contribution in [2.75, 3.05) is 12.1 Å². The van der Waals surface area contributed by atoms with E-state index in [0.717, 1.165) is 11.6 Å². The molecule has 0 unspecified atom stereocenters. The van der Waals surface area contributed by atoms with Crippen molar-refractivity contribution in [3.05, 3.63) is 72.0 Å². The van der Waals surface area contributed by atoms with E-state index in [1.165, 1.54) is 6.08 Å². The van der Waals surface area contributed by atoms with Gasteiger partial charge < -0.3 is 24.3 Å². The number of nitrogens with one attached hydrogen (secondary N) is 1. The van der Waals surface area contributed by atoms with E-state index in [1.54, 1.807) is 48.5 Å². The lowest BCUT2D eigenvalue weighted by Crippen LogP contribution is -2.10. The number of carbonyl (C=O) groups excluding carboxylic acids is 1. The van der Waals surface area contributed by atoms with E-state index in [-0.39, 0.29) is 12.6 Å². The average molecular weight is 377 g/mol. The van der Waals surface area contributed by atoms with Gasteiger partial charge in [-0.3, -0.25) is 4.79 Å². The molecule has 0 spiro atoms. The number of anilines is 1. The molecule has 140 valence electrons. The fourth-order valence-electron chi connectivity index (χ4n) is 2.75. The van der Waals surface area contributed by atoms with Gasteiger partial charge >= 0.3 is 5.97 Å². The maximum Gasteiger partial charge on any atom is 0.328 e. The SMILES string of the molecule is O=C(O)/C=C/c1cccc(NC(=O)c2ccc(-c3ccc4c(c3)OCO4)o2)c1. The molecule has 28 heavy (non-hydrogen) atoms. The van der Waals surface area contributed by atoms with E-state index in [0.29, 0.717) is 28.5 Å². The van der Waals surface area contributed by atoms with Gasteiger partial charge in [0.2, 0.25) is 6.79 Å². The Bertz CT molecular complexity index is 1080. The molecule has 0 radical (unpaired) electrons. The Morgan fingerprint density at radius 3 is 2.71 bits per heavy atom. The van der Waals surface area contributed by atoms with Crippen LogP contribution in [0.15, 0.2) is 65.1 Å². The zero-order valence-electron chi connectivity index (χ0n) is 14.5. The highest BCUT2D eigenvalue weighted by Crippen LogP contribution is 2.36. The topological polar surface area (TPSA) is 98.0 Å². The Morgan fingerprint density at radius 1 is 1.00 bits per heavy atom. The van der Waals surface area contributed by atoms with Crippen molar-refractivity contribution >= 4 is 23.6 Å². The highest BCUT2D eigenvalue weighted by molar-refractivity contribution is 6.02. The molecule has 2 N–H and O–H groups in total. The third-order valence-corrected chi connectivity index (χ3v) is 4.05. The fourth-order valence-corrected chi connectivity index (χ4v) is 2.75. The van der Waals surface area contributed by atoms with E-state index in [2.05, 4.69) is 5.32 Å². The molecule has 0 fully saturated rings. The van der Waals surface area contributed by atoms with Gasteiger partial charge in [-0.15, -0.1) is 0 Å². The van der Waals surface area contributed by atoms with Crippen LogP contribution in [-0.2, 0) is 4.79 Å². The minimum atomic E-state index is -1.04.